The molecule has 1 rings (SSSR count). The van der Waals surface area contributed by atoms with Crippen molar-refractivity contribution in [3.8, 4) is 0 Å². The molecule has 0 bridgehead atoms. The Labute approximate surface area is 95.6 Å². The van der Waals surface area contributed by atoms with Gasteiger partial charge in [0.1, 0.15) is 6.54 Å². The van der Waals surface area contributed by atoms with Crippen LogP contribution in [0.3, 0.4) is 0 Å². The maximum atomic E-state index is 11.1. The molecule has 0 aliphatic heterocycles. The van der Waals surface area contributed by atoms with Gasteiger partial charge in [0.2, 0.25) is 0 Å². The summed E-state index contributed by atoms with van der Waals surface area (Å²) in [7, 11) is 1.65. The minimum atomic E-state index is -0.250. The summed E-state index contributed by atoms with van der Waals surface area (Å²) in [5, 5.41) is 3.00. The van der Waals surface area contributed by atoms with E-state index in [1.807, 2.05) is 24.3 Å². The first-order valence-electron chi connectivity index (χ1n) is 5.23. The van der Waals surface area contributed by atoms with Crippen molar-refractivity contribution >= 4 is 11.7 Å². The molecule has 0 fully saturated rings. The van der Waals surface area contributed by atoms with Gasteiger partial charge in [0.15, 0.2) is 0 Å². The predicted molar refractivity (Wildman–Crippen MR) is 62.3 cm³/mol. The number of hydrogen-bond donors (Lipinski definition) is 1. The summed E-state index contributed by atoms with van der Waals surface area (Å²) in [5.41, 5.74) is 1.96. The van der Waals surface area contributed by atoms with Gasteiger partial charge in [-0.1, -0.05) is 12.1 Å². The van der Waals surface area contributed by atoms with Crippen LogP contribution >= 0.6 is 0 Å². The average Bonchev–Trinajstić information content (AvgIpc) is 2.28. The van der Waals surface area contributed by atoms with E-state index in [9.17, 15) is 4.79 Å². The van der Waals surface area contributed by atoms with Gasteiger partial charge in [-0.05, 0) is 24.6 Å². The summed E-state index contributed by atoms with van der Waals surface area (Å²) < 4.78 is 9.84. The highest BCUT2D eigenvalue weighted by atomic mass is 16.5. The topological polar surface area (TPSA) is 47.6 Å². The van der Waals surface area contributed by atoms with E-state index in [1.54, 1.807) is 14.0 Å². The van der Waals surface area contributed by atoms with Crippen LogP contribution in [0.1, 0.15) is 12.5 Å². The quantitative estimate of drug-likeness (QED) is 0.747. The number of anilines is 1. The number of rotatable bonds is 6. The smallest absolute Gasteiger partial charge is 0.325 e. The Balaban J connectivity index is 2.47. The Hall–Kier alpha value is -1.55. The summed E-state index contributed by atoms with van der Waals surface area (Å²) in [6.45, 7) is 2.94. The molecule has 0 aliphatic rings. The molecule has 16 heavy (non-hydrogen) atoms. The van der Waals surface area contributed by atoms with Crippen LogP contribution in [-0.2, 0) is 20.9 Å². The van der Waals surface area contributed by atoms with E-state index >= 15 is 0 Å². The second-order valence-electron chi connectivity index (χ2n) is 3.29. The van der Waals surface area contributed by atoms with Gasteiger partial charge >= 0.3 is 5.97 Å². The molecule has 0 heterocycles. The van der Waals surface area contributed by atoms with E-state index in [2.05, 4.69) is 5.32 Å². The number of ether oxygens (including phenoxy) is 2. The number of benzene rings is 1. The van der Waals surface area contributed by atoms with Crippen molar-refractivity contribution in [3.05, 3.63) is 29.8 Å². The molecule has 4 heteroatoms. The van der Waals surface area contributed by atoms with Crippen molar-refractivity contribution in [2.75, 3.05) is 25.6 Å². The van der Waals surface area contributed by atoms with Crippen LogP contribution in [0.5, 0.6) is 0 Å². The summed E-state index contributed by atoms with van der Waals surface area (Å²) in [6, 6.07) is 7.74. The van der Waals surface area contributed by atoms with Gasteiger partial charge in [0.05, 0.1) is 13.2 Å². The highest BCUT2D eigenvalue weighted by Crippen LogP contribution is 2.10. The first-order chi connectivity index (χ1) is 7.76. The van der Waals surface area contributed by atoms with Crippen LogP contribution in [0.15, 0.2) is 24.3 Å². The van der Waals surface area contributed by atoms with E-state index in [1.165, 1.54) is 0 Å². The Kier molecular flexibility index (Phi) is 5.36. The van der Waals surface area contributed by atoms with Gasteiger partial charge in [-0.25, -0.2) is 0 Å². The van der Waals surface area contributed by atoms with Crippen molar-refractivity contribution in [1.82, 2.24) is 0 Å². The first-order valence-corrected chi connectivity index (χ1v) is 5.23. The highest BCUT2D eigenvalue weighted by Gasteiger charge is 2.01. The number of methoxy groups -OCH3 is 1. The molecular formula is C12H17NO3. The third kappa shape index (κ3) is 4.31. The first kappa shape index (κ1) is 12.5. The van der Waals surface area contributed by atoms with Gasteiger partial charge in [-0.2, -0.15) is 0 Å². The molecule has 0 saturated heterocycles. The molecule has 0 aliphatic carbocycles. The summed E-state index contributed by atoms with van der Waals surface area (Å²) in [5.74, 6) is -0.250. The molecule has 88 valence electrons. The minimum absolute atomic E-state index is 0.185. The van der Waals surface area contributed by atoms with Gasteiger partial charge in [-0.3, -0.25) is 4.79 Å². The van der Waals surface area contributed by atoms with Gasteiger partial charge in [0, 0.05) is 12.8 Å². The second-order valence-corrected chi connectivity index (χ2v) is 3.29. The molecule has 0 unspecified atom stereocenters. The lowest BCUT2D eigenvalue weighted by atomic mass is 10.2. The van der Waals surface area contributed by atoms with E-state index in [4.69, 9.17) is 9.47 Å². The summed E-state index contributed by atoms with van der Waals surface area (Å²) >= 11 is 0. The number of carbonyl (C=O) groups excluding carboxylic acids is 1. The van der Waals surface area contributed by atoms with Crippen molar-refractivity contribution in [3.63, 3.8) is 0 Å². The normalized spacial score (nSPS) is 9.88. The van der Waals surface area contributed by atoms with Crippen LogP contribution in [0.4, 0.5) is 5.69 Å². The average molecular weight is 223 g/mol. The molecular weight excluding hydrogens is 206 g/mol. The highest BCUT2D eigenvalue weighted by molar-refractivity contribution is 5.74. The molecule has 0 spiro atoms. The third-order valence-corrected chi connectivity index (χ3v) is 1.98. The number of esters is 1. The maximum absolute atomic E-state index is 11.1. The van der Waals surface area contributed by atoms with Crippen molar-refractivity contribution in [2.45, 2.75) is 13.5 Å². The summed E-state index contributed by atoms with van der Waals surface area (Å²) in [6.07, 6.45) is 0. The van der Waals surface area contributed by atoms with E-state index in [0.29, 0.717) is 13.2 Å². The molecule has 0 saturated carbocycles. The molecule has 1 aromatic carbocycles. The Morgan fingerprint density at radius 1 is 1.44 bits per heavy atom. The van der Waals surface area contributed by atoms with Crippen molar-refractivity contribution < 1.29 is 14.3 Å². The van der Waals surface area contributed by atoms with E-state index in [-0.39, 0.29) is 12.5 Å². The maximum Gasteiger partial charge on any atom is 0.325 e. The van der Waals surface area contributed by atoms with Crippen molar-refractivity contribution in [1.29, 1.82) is 0 Å². The zero-order chi connectivity index (χ0) is 11.8. The lowest BCUT2D eigenvalue weighted by Gasteiger charge is -2.07. The molecule has 1 aromatic rings. The monoisotopic (exact) mass is 223 g/mol. The van der Waals surface area contributed by atoms with E-state index in [0.717, 1.165) is 11.3 Å². The van der Waals surface area contributed by atoms with Crippen molar-refractivity contribution in [2.24, 2.45) is 0 Å². The Bertz CT molecular complexity index is 339. The fraction of sp³-hybridized carbons (Fsp3) is 0.417. The Morgan fingerprint density at radius 3 is 2.94 bits per heavy atom. The van der Waals surface area contributed by atoms with Crippen LogP contribution < -0.4 is 5.32 Å². The summed E-state index contributed by atoms with van der Waals surface area (Å²) in [4.78, 5) is 11.1. The molecule has 0 aromatic heterocycles. The molecule has 0 radical (unpaired) electrons. The fourth-order valence-corrected chi connectivity index (χ4v) is 1.32. The number of hydrogen-bond acceptors (Lipinski definition) is 4. The fourth-order valence-electron chi connectivity index (χ4n) is 1.32. The lowest BCUT2D eigenvalue weighted by molar-refractivity contribution is -0.140. The minimum Gasteiger partial charge on any atom is -0.465 e. The van der Waals surface area contributed by atoms with Gasteiger partial charge in [0.25, 0.3) is 0 Å². The van der Waals surface area contributed by atoms with E-state index < -0.39 is 0 Å². The second kappa shape index (κ2) is 6.85. The molecule has 4 nitrogen and oxygen atoms in total. The van der Waals surface area contributed by atoms with Crippen LogP contribution in [0.2, 0.25) is 0 Å². The molecule has 0 amide bonds. The SMILES string of the molecule is CCOC(=O)CNc1cccc(COC)c1. The predicted octanol–water partition coefficient (Wildman–Crippen LogP) is 1.81. The zero-order valence-electron chi connectivity index (χ0n) is 9.66. The van der Waals surface area contributed by atoms with Crippen LogP contribution in [0, 0.1) is 0 Å². The van der Waals surface area contributed by atoms with Crippen LogP contribution in [0.25, 0.3) is 0 Å². The largest absolute Gasteiger partial charge is 0.465 e. The molecule has 1 N–H and O–H groups in total. The van der Waals surface area contributed by atoms with Gasteiger partial charge in [-0.15, -0.1) is 0 Å². The third-order valence-electron chi connectivity index (χ3n) is 1.98. The standard InChI is InChI=1S/C12H17NO3/c1-3-16-12(14)8-13-11-6-4-5-10(7-11)9-15-2/h4-7,13H,3,8-9H2,1-2H3. The number of carbonyl (C=O) groups is 1. The molecule has 0 atom stereocenters. The van der Waals surface area contributed by atoms with Gasteiger partial charge < -0.3 is 14.8 Å². The zero-order valence-corrected chi connectivity index (χ0v) is 9.66. The lowest BCUT2D eigenvalue weighted by Crippen LogP contribution is -2.16. The Morgan fingerprint density at radius 2 is 2.25 bits per heavy atom. The number of nitrogens with one attached hydrogen (secondary N) is 1. The van der Waals surface area contributed by atoms with Crippen LogP contribution in [-0.4, -0.2) is 26.2 Å².